The van der Waals surface area contributed by atoms with Gasteiger partial charge in [-0.25, -0.2) is 4.39 Å². The Balaban J connectivity index is 1.51. The molecule has 1 amide bonds. The monoisotopic (exact) mass is 453 g/mol. The maximum absolute atomic E-state index is 13.7. The van der Waals surface area contributed by atoms with E-state index >= 15 is 0 Å². The summed E-state index contributed by atoms with van der Waals surface area (Å²) in [6.45, 7) is -0.145. The van der Waals surface area contributed by atoms with E-state index in [9.17, 15) is 9.18 Å². The van der Waals surface area contributed by atoms with Gasteiger partial charge in [0.05, 0.1) is 5.69 Å². The lowest BCUT2D eigenvalue weighted by molar-refractivity contribution is -0.118. The van der Waals surface area contributed by atoms with E-state index in [2.05, 4.69) is 17.4 Å². The molecule has 25 heavy (non-hydrogen) atoms. The minimum absolute atomic E-state index is 0.145. The SMILES string of the molecule is O=C(COc1ccc(C2CCCCC2)cc1)Nc1ccc(I)cc1F. The standard InChI is InChI=1S/C20H21FINO2/c21-18-12-16(22)8-11-19(18)23-20(24)13-25-17-9-6-15(7-10-17)14-4-2-1-3-5-14/h6-12,14H,1-5,13H2,(H,23,24). The van der Waals surface area contributed by atoms with Crippen molar-refractivity contribution in [2.45, 2.75) is 38.0 Å². The van der Waals surface area contributed by atoms with E-state index in [-0.39, 0.29) is 18.2 Å². The number of rotatable bonds is 5. The van der Waals surface area contributed by atoms with Crippen LogP contribution < -0.4 is 10.1 Å². The molecule has 0 unspecified atom stereocenters. The smallest absolute Gasteiger partial charge is 0.262 e. The Morgan fingerprint density at radius 2 is 1.84 bits per heavy atom. The zero-order valence-electron chi connectivity index (χ0n) is 13.9. The van der Waals surface area contributed by atoms with Crippen LogP contribution in [0.4, 0.5) is 10.1 Å². The van der Waals surface area contributed by atoms with Crippen molar-refractivity contribution in [1.82, 2.24) is 0 Å². The summed E-state index contributed by atoms with van der Waals surface area (Å²) >= 11 is 2.02. The molecule has 5 heteroatoms. The Morgan fingerprint density at radius 3 is 2.52 bits per heavy atom. The van der Waals surface area contributed by atoms with Crippen LogP contribution in [0.5, 0.6) is 5.75 Å². The van der Waals surface area contributed by atoms with E-state index in [1.165, 1.54) is 43.7 Å². The molecule has 2 aromatic carbocycles. The number of ether oxygens (including phenoxy) is 1. The average Bonchev–Trinajstić information content (AvgIpc) is 2.63. The Labute approximate surface area is 161 Å². The molecule has 0 saturated heterocycles. The number of halogens is 2. The topological polar surface area (TPSA) is 38.3 Å². The van der Waals surface area contributed by atoms with Crippen LogP contribution in [0.2, 0.25) is 0 Å². The fourth-order valence-electron chi connectivity index (χ4n) is 3.20. The summed E-state index contributed by atoms with van der Waals surface area (Å²) in [4.78, 5) is 11.9. The molecule has 1 saturated carbocycles. The van der Waals surface area contributed by atoms with Gasteiger partial charge in [-0.2, -0.15) is 0 Å². The van der Waals surface area contributed by atoms with Gasteiger partial charge in [0.25, 0.3) is 5.91 Å². The molecule has 1 aliphatic rings. The van der Waals surface area contributed by atoms with Gasteiger partial charge in [-0.1, -0.05) is 31.4 Å². The normalized spacial score (nSPS) is 15.0. The minimum atomic E-state index is -0.447. The van der Waals surface area contributed by atoms with Crippen LogP contribution in [-0.4, -0.2) is 12.5 Å². The summed E-state index contributed by atoms with van der Waals surface area (Å²) < 4.78 is 20.0. The molecular weight excluding hydrogens is 432 g/mol. The summed E-state index contributed by atoms with van der Waals surface area (Å²) in [5, 5.41) is 2.53. The molecule has 1 fully saturated rings. The molecule has 0 bridgehead atoms. The largest absolute Gasteiger partial charge is 0.484 e. The van der Waals surface area contributed by atoms with E-state index in [1.54, 1.807) is 12.1 Å². The van der Waals surface area contributed by atoms with Gasteiger partial charge in [0.1, 0.15) is 11.6 Å². The lowest BCUT2D eigenvalue weighted by atomic mass is 9.84. The van der Waals surface area contributed by atoms with E-state index in [4.69, 9.17) is 4.74 Å². The first-order chi connectivity index (χ1) is 12.1. The van der Waals surface area contributed by atoms with Crippen LogP contribution in [0.1, 0.15) is 43.6 Å². The zero-order chi connectivity index (χ0) is 17.6. The van der Waals surface area contributed by atoms with E-state index in [1.807, 2.05) is 34.7 Å². The molecule has 0 aliphatic heterocycles. The molecule has 3 rings (SSSR count). The molecule has 0 atom stereocenters. The maximum Gasteiger partial charge on any atom is 0.262 e. The van der Waals surface area contributed by atoms with Gasteiger partial charge in [-0.15, -0.1) is 0 Å². The Morgan fingerprint density at radius 1 is 1.12 bits per heavy atom. The number of benzene rings is 2. The van der Waals surface area contributed by atoms with Crippen molar-refractivity contribution in [2.75, 3.05) is 11.9 Å². The molecule has 3 nitrogen and oxygen atoms in total. The number of carbonyl (C=O) groups excluding carboxylic acids is 1. The van der Waals surface area contributed by atoms with Gasteiger partial charge in [0.15, 0.2) is 6.61 Å². The first-order valence-corrected chi connectivity index (χ1v) is 9.67. The van der Waals surface area contributed by atoms with Gasteiger partial charge in [0, 0.05) is 3.57 Å². The van der Waals surface area contributed by atoms with Crippen LogP contribution in [-0.2, 0) is 4.79 Å². The Kier molecular flexibility index (Phi) is 6.29. The van der Waals surface area contributed by atoms with Crippen molar-refractivity contribution < 1.29 is 13.9 Å². The van der Waals surface area contributed by atoms with Crippen LogP contribution >= 0.6 is 22.6 Å². The Bertz CT molecular complexity index is 727. The van der Waals surface area contributed by atoms with Crippen LogP contribution in [0.15, 0.2) is 42.5 Å². The van der Waals surface area contributed by atoms with Crippen LogP contribution in [0, 0.1) is 9.39 Å². The molecule has 132 valence electrons. The second-order valence-corrected chi connectivity index (χ2v) is 7.61. The highest BCUT2D eigenvalue weighted by molar-refractivity contribution is 14.1. The van der Waals surface area contributed by atoms with Gasteiger partial charge >= 0.3 is 0 Å². The van der Waals surface area contributed by atoms with Crippen molar-refractivity contribution >= 4 is 34.2 Å². The summed E-state index contributed by atoms with van der Waals surface area (Å²) in [6.07, 6.45) is 6.46. The second kappa shape index (κ2) is 8.65. The third kappa shape index (κ3) is 5.17. The average molecular weight is 453 g/mol. The highest BCUT2D eigenvalue weighted by Gasteiger charge is 2.15. The third-order valence-corrected chi connectivity index (χ3v) is 5.20. The number of anilines is 1. The van der Waals surface area contributed by atoms with Crippen molar-refractivity contribution in [1.29, 1.82) is 0 Å². The van der Waals surface area contributed by atoms with Crippen molar-refractivity contribution in [3.63, 3.8) is 0 Å². The summed E-state index contributed by atoms with van der Waals surface area (Å²) in [5.74, 6) is 0.473. The number of nitrogens with one attached hydrogen (secondary N) is 1. The van der Waals surface area contributed by atoms with E-state index < -0.39 is 5.82 Å². The first-order valence-electron chi connectivity index (χ1n) is 8.59. The fourth-order valence-corrected chi connectivity index (χ4v) is 3.65. The lowest BCUT2D eigenvalue weighted by Crippen LogP contribution is -2.20. The summed E-state index contributed by atoms with van der Waals surface area (Å²) in [6, 6.07) is 12.6. The maximum atomic E-state index is 13.7. The number of hydrogen-bond donors (Lipinski definition) is 1. The number of amides is 1. The Hall–Kier alpha value is -1.63. The minimum Gasteiger partial charge on any atom is -0.484 e. The lowest BCUT2D eigenvalue weighted by Gasteiger charge is -2.22. The van der Waals surface area contributed by atoms with E-state index in [0.717, 1.165) is 3.57 Å². The predicted octanol–water partition coefficient (Wildman–Crippen LogP) is 5.50. The van der Waals surface area contributed by atoms with E-state index in [0.29, 0.717) is 11.7 Å². The molecule has 1 aliphatic carbocycles. The van der Waals surface area contributed by atoms with Crippen molar-refractivity contribution in [3.05, 3.63) is 57.4 Å². The van der Waals surface area contributed by atoms with Gasteiger partial charge < -0.3 is 10.1 Å². The molecule has 0 aromatic heterocycles. The highest BCUT2D eigenvalue weighted by atomic mass is 127. The molecule has 0 heterocycles. The molecular formula is C20H21FINO2. The predicted molar refractivity (Wildman–Crippen MR) is 106 cm³/mol. The van der Waals surface area contributed by atoms with Gasteiger partial charge in [-0.05, 0) is 77.2 Å². The van der Waals surface area contributed by atoms with Crippen LogP contribution in [0.25, 0.3) is 0 Å². The van der Waals surface area contributed by atoms with Crippen LogP contribution in [0.3, 0.4) is 0 Å². The fraction of sp³-hybridized carbons (Fsp3) is 0.350. The summed E-state index contributed by atoms with van der Waals surface area (Å²) in [7, 11) is 0. The zero-order valence-corrected chi connectivity index (χ0v) is 16.1. The first kappa shape index (κ1) is 18.2. The summed E-state index contributed by atoms with van der Waals surface area (Å²) in [5.41, 5.74) is 1.51. The van der Waals surface area contributed by atoms with Gasteiger partial charge in [0.2, 0.25) is 0 Å². The third-order valence-electron chi connectivity index (χ3n) is 4.53. The molecule has 2 aromatic rings. The quantitative estimate of drug-likeness (QED) is 0.608. The molecule has 0 spiro atoms. The molecule has 1 N–H and O–H groups in total. The van der Waals surface area contributed by atoms with Crippen molar-refractivity contribution in [3.8, 4) is 5.75 Å². The number of carbonyl (C=O) groups is 1. The number of hydrogen-bond acceptors (Lipinski definition) is 2. The van der Waals surface area contributed by atoms with Gasteiger partial charge in [-0.3, -0.25) is 4.79 Å². The van der Waals surface area contributed by atoms with Crippen molar-refractivity contribution in [2.24, 2.45) is 0 Å². The molecule has 0 radical (unpaired) electrons. The highest BCUT2D eigenvalue weighted by Crippen LogP contribution is 2.33. The second-order valence-electron chi connectivity index (χ2n) is 6.36.